The highest BCUT2D eigenvalue weighted by Gasteiger charge is 2.11. The van der Waals surface area contributed by atoms with Crippen molar-refractivity contribution in [2.24, 2.45) is 0 Å². The Morgan fingerprint density at radius 1 is 1.08 bits per heavy atom. The molecule has 0 unspecified atom stereocenters. The minimum absolute atomic E-state index is 0.0436. The van der Waals surface area contributed by atoms with Crippen LogP contribution in [0.3, 0.4) is 0 Å². The van der Waals surface area contributed by atoms with Crippen LogP contribution in [0.2, 0.25) is 0 Å². The van der Waals surface area contributed by atoms with E-state index in [4.69, 9.17) is 5.26 Å². The Labute approximate surface area is 141 Å². The molecule has 0 fully saturated rings. The summed E-state index contributed by atoms with van der Waals surface area (Å²) < 4.78 is 4.39. The zero-order valence-electron chi connectivity index (χ0n) is 12.8. The molecule has 0 saturated heterocycles. The van der Waals surface area contributed by atoms with Gasteiger partial charge in [-0.25, -0.2) is 10.2 Å². The third-order valence-electron chi connectivity index (χ3n) is 3.20. The fourth-order valence-electron chi connectivity index (χ4n) is 2.38. The average molecular weight is 346 g/mol. The molecule has 0 radical (unpaired) electrons. The monoisotopic (exact) mass is 346 g/mol. The summed E-state index contributed by atoms with van der Waals surface area (Å²) in [5.41, 5.74) is 0.658. The Morgan fingerprint density at radius 3 is 2.54 bits per heavy atom. The number of phenolic OH excluding ortho intramolecular Hbond substituents is 1. The van der Waals surface area contributed by atoms with Crippen LogP contribution < -0.4 is 5.32 Å². The van der Waals surface area contributed by atoms with Gasteiger partial charge in [0.1, 0.15) is 17.4 Å². The number of anilines is 2. The van der Waals surface area contributed by atoms with E-state index in [9.17, 15) is 5.11 Å². The second-order valence-corrected chi connectivity index (χ2v) is 5.72. The predicted octanol–water partition coefficient (Wildman–Crippen LogP) is 3.52. The predicted molar refractivity (Wildman–Crippen MR) is 88.9 cm³/mol. The Kier molecular flexibility index (Phi) is 4.76. The number of aromatic nitrogens is 3. The quantitative estimate of drug-likeness (QED) is 0.363. The molecule has 9 heteroatoms. The van der Waals surface area contributed by atoms with Crippen LogP contribution in [-0.2, 0) is 9.37 Å². The molecule has 0 amide bonds. The standard InChI is InChI=1S/C15H14N4O4S/c1-8-16-9(2)18-15(17-8)19-12-5-3-4-10-6-11(24-23-22-21)7-13(20)14(10)12/h3-7,20-21H,1-2H3,(H,16,17,18,19). The largest absolute Gasteiger partial charge is 0.507 e. The molecule has 0 aliphatic rings. The van der Waals surface area contributed by atoms with Crippen LogP contribution in [0.25, 0.3) is 10.8 Å². The Morgan fingerprint density at radius 2 is 1.83 bits per heavy atom. The molecule has 0 atom stereocenters. The number of aryl methyl sites for hydroxylation is 2. The van der Waals surface area contributed by atoms with Crippen molar-refractivity contribution in [3.05, 3.63) is 42.0 Å². The summed E-state index contributed by atoms with van der Waals surface area (Å²) in [5, 5.41) is 26.6. The number of hydrogen-bond acceptors (Lipinski definition) is 9. The molecule has 2 aromatic carbocycles. The molecule has 1 aromatic heterocycles. The van der Waals surface area contributed by atoms with Gasteiger partial charge in [0.25, 0.3) is 0 Å². The highest BCUT2D eigenvalue weighted by atomic mass is 32.2. The molecule has 8 nitrogen and oxygen atoms in total. The molecule has 124 valence electrons. The number of phenols is 1. The van der Waals surface area contributed by atoms with Gasteiger partial charge in [0, 0.05) is 10.3 Å². The third-order valence-corrected chi connectivity index (χ3v) is 3.75. The molecular formula is C15H14N4O4S. The van der Waals surface area contributed by atoms with Gasteiger partial charge in [-0.05, 0) is 37.4 Å². The second kappa shape index (κ2) is 6.97. The summed E-state index contributed by atoms with van der Waals surface area (Å²) in [5.74, 6) is 1.66. The third kappa shape index (κ3) is 3.54. The molecular weight excluding hydrogens is 332 g/mol. The van der Waals surface area contributed by atoms with Crippen molar-refractivity contribution in [2.45, 2.75) is 18.7 Å². The Hall–Kier alpha value is -2.46. The van der Waals surface area contributed by atoms with E-state index in [1.165, 1.54) is 6.07 Å². The fraction of sp³-hybridized carbons (Fsp3) is 0.133. The zero-order chi connectivity index (χ0) is 17.1. The van der Waals surface area contributed by atoms with Crippen LogP contribution in [0.5, 0.6) is 5.75 Å². The lowest BCUT2D eigenvalue weighted by atomic mass is 10.1. The van der Waals surface area contributed by atoms with Gasteiger partial charge in [-0.2, -0.15) is 9.97 Å². The van der Waals surface area contributed by atoms with E-state index in [1.807, 2.05) is 18.2 Å². The van der Waals surface area contributed by atoms with E-state index in [0.717, 1.165) is 17.4 Å². The van der Waals surface area contributed by atoms with Crippen molar-refractivity contribution in [1.29, 1.82) is 0 Å². The topological polar surface area (TPSA) is 110 Å². The Balaban J connectivity index is 2.02. The molecule has 1 heterocycles. The molecule has 0 aliphatic heterocycles. The van der Waals surface area contributed by atoms with Gasteiger partial charge in [0.2, 0.25) is 5.95 Å². The van der Waals surface area contributed by atoms with Crippen LogP contribution in [0, 0.1) is 13.8 Å². The Bertz CT molecular complexity index is 870. The molecule has 3 rings (SSSR count). The van der Waals surface area contributed by atoms with Crippen LogP contribution in [-0.4, -0.2) is 25.3 Å². The summed E-state index contributed by atoms with van der Waals surface area (Å²) in [6.07, 6.45) is 0. The van der Waals surface area contributed by atoms with E-state index in [2.05, 4.69) is 29.6 Å². The van der Waals surface area contributed by atoms with E-state index >= 15 is 0 Å². The van der Waals surface area contributed by atoms with Gasteiger partial charge in [-0.15, -0.1) is 4.33 Å². The van der Waals surface area contributed by atoms with Crippen molar-refractivity contribution < 1.29 is 19.7 Å². The highest BCUT2D eigenvalue weighted by molar-refractivity contribution is 7.94. The number of hydrogen-bond donors (Lipinski definition) is 3. The number of fused-ring (bicyclic) bond motifs is 1. The first-order valence-electron chi connectivity index (χ1n) is 6.93. The smallest absolute Gasteiger partial charge is 0.230 e. The first kappa shape index (κ1) is 16.4. The minimum Gasteiger partial charge on any atom is -0.507 e. The number of benzene rings is 2. The molecule has 0 saturated carbocycles. The minimum atomic E-state index is 0.0436. The molecule has 0 aliphatic carbocycles. The lowest BCUT2D eigenvalue weighted by Gasteiger charge is -2.11. The van der Waals surface area contributed by atoms with Gasteiger partial charge >= 0.3 is 0 Å². The molecule has 3 aromatic rings. The molecule has 24 heavy (non-hydrogen) atoms. The van der Waals surface area contributed by atoms with E-state index in [-0.39, 0.29) is 5.75 Å². The highest BCUT2D eigenvalue weighted by Crippen LogP contribution is 2.36. The summed E-state index contributed by atoms with van der Waals surface area (Å²) >= 11 is 0.778. The normalized spacial score (nSPS) is 11.0. The second-order valence-electron chi connectivity index (χ2n) is 4.95. The fourth-order valence-corrected chi connectivity index (χ4v) is 2.82. The van der Waals surface area contributed by atoms with Crippen molar-refractivity contribution in [3.8, 4) is 5.75 Å². The number of rotatable bonds is 5. The van der Waals surface area contributed by atoms with Crippen LogP contribution in [0.15, 0.2) is 35.2 Å². The van der Waals surface area contributed by atoms with E-state index < -0.39 is 0 Å². The van der Waals surface area contributed by atoms with Gasteiger partial charge in [-0.1, -0.05) is 17.2 Å². The summed E-state index contributed by atoms with van der Waals surface area (Å²) in [4.78, 5) is 13.2. The van der Waals surface area contributed by atoms with Gasteiger partial charge < -0.3 is 10.4 Å². The number of nitrogens with one attached hydrogen (secondary N) is 1. The summed E-state index contributed by atoms with van der Waals surface area (Å²) in [6.45, 7) is 3.57. The maximum Gasteiger partial charge on any atom is 0.230 e. The lowest BCUT2D eigenvalue weighted by molar-refractivity contribution is -0.432. The first-order valence-corrected chi connectivity index (χ1v) is 7.68. The SMILES string of the molecule is Cc1nc(C)nc(Nc2cccc3cc(SOOO)cc(O)c23)n1. The van der Waals surface area contributed by atoms with Gasteiger partial charge in [0.15, 0.2) is 0 Å². The van der Waals surface area contributed by atoms with Gasteiger partial charge in [0.05, 0.1) is 17.7 Å². The van der Waals surface area contributed by atoms with Crippen LogP contribution in [0.1, 0.15) is 11.6 Å². The maximum absolute atomic E-state index is 10.4. The molecule has 3 N–H and O–H groups in total. The van der Waals surface area contributed by atoms with Crippen molar-refractivity contribution in [3.63, 3.8) is 0 Å². The van der Waals surface area contributed by atoms with Gasteiger partial charge in [-0.3, -0.25) is 0 Å². The summed E-state index contributed by atoms with van der Waals surface area (Å²) in [7, 11) is 0. The van der Waals surface area contributed by atoms with E-state index in [0.29, 0.717) is 33.6 Å². The van der Waals surface area contributed by atoms with Crippen LogP contribution >= 0.6 is 12.0 Å². The summed E-state index contributed by atoms with van der Waals surface area (Å²) in [6, 6.07) is 8.78. The van der Waals surface area contributed by atoms with E-state index in [1.54, 1.807) is 19.9 Å². The molecule has 0 bridgehead atoms. The van der Waals surface area contributed by atoms with Crippen molar-refractivity contribution >= 4 is 34.5 Å². The van der Waals surface area contributed by atoms with Crippen LogP contribution in [0.4, 0.5) is 11.6 Å². The van der Waals surface area contributed by atoms with Crippen molar-refractivity contribution in [1.82, 2.24) is 15.0 Å². The number of aromatic hydroxyl groups is 1. The molecule has 0 spiro atoms. The maximum atomic E-state index is 10.4. The zero-order valence-corrected chi connectivity index (χ0v) is 13.7. The number of nitrogens with zero attached hydrogens (tertiary/aromatic N) is 3. The average Bonchev–Trinajstić information content (AvgIpc) is 2.52. The van der Waals surface area contributed by atoms with Crippen molar-refractivity contribution in [2.75, 3.05) is 5.32 Å². The lowest BCUT2D eigenvalue weighted by Crippen LogP contribution is -2.03. The first-order chi connectivity index (χ1) is 11.6.